The highest BCUT2D eigenvalue weighted by Gasteiger charge is 2.28. The highest BCUT2D eigenvalue weighted by atomic mass is 35.5. The summed E-state index contributed by atoms with van der Waals surface area (Å²) in [7, 11) is 0. The average Bonchev–Trinajstić information content (AvgIpc) is 3.26. The van der Waals surface area contributed by atoms with Gasteiger partial charge in [0.15, 0.2) is 0 Å². The Balaban J connectivity index is 0.00000192. The summed E-state index contributed by atoms with van der Waals surface area (Å²) in [4.78, 5) is 30.4. The van der Waals surface area contributed by atoms with Crippen molar-refractivity contribution < 1.29 is 9.59 Å². The molecular formula is C16H23ClN4O2. The van der Waals surface area contributed by atoms with Crippen LogP contribution in [0, 0.1) is 5.92 Å². The van der Waals surface area contributed by atoms with E-state index >= 15 is 0 Å². The number of aromatic nitrogens is 1. The fraction of sp³-hybridized carbons (Fsp3) is 0.562. The van der Waals surface area contributed by atoms with Gasteiger partial charge >= 0.3 is 0 Å². The van der Waals surface area contributed by atoms with E-state index in [1.807, 2.05) is 0 Å². The fourth-order valence-electron chi connectivity index (χ4n) is 2.75. The largest absolute Gasteiger partial charge is 0.349 e. The SMILES string of the molecule is Cl.NC(CNC(=O)c1cccc(C(=O)N2CCCC2)n1)C1CC1. The molecule has 0 aromatic carbocycles. The van der Waals surface area contributed by atoms with E-state index in [0.717, 1.165) is 38.8 Å². The number of rotatable bonds is 5. The van der Waals surface area contributed by atoms with E-state index in [1.165, 1.54) is 0 Å². The molecule has 126 valence electrons. The lowest BCUT2D eigenvalue weighted by Crippen LogP contribution is -2.39. The van der Waals surface area contributed by atoms with Crippen LogP contribution in [-0.4, -0.2) is 47.4 Å². The number of carbonyl (C=O) groups is 2. The van der Waals surface area contributed by atoms with Crippen molar-refractivity contribution >= 4 is 24.2 Å². The van der Waals surface area contributed by atoms with Crippen molar-refractivity contribution in [1.82, 2.24) is 15.2 Å². The molecule has 3 rings (SSSR count). The van der Waals surface area contributed by atoms with Gasteiger partial charge in [0.05, 0.1) is 0 Å². The van der Waals surface area contributed by atoms with Gasteiger partial charge in [-0.3, -0.25) is 9.59 Å². The molecule has 0 radical (unpaired) electrons. The predicted molar refractivity (Wildman–Crippen MR) is 89.7 cm³/mol. The van der Waals surface area contributed by atoms with Gasteiger partial charge in [0, 0.05) is 25.7 Å². The third kappa shape index (κ3) is 4.42. The smallest absolute Gasteiger partial charge is 0.272 e. The first kappa shape index (κ1) is 17.7. The van der Waals surface area contributed by atoms with Gasteiger partial charge in [0.2, 0.25) is 0 Å². The van der Waals surface area contributed by atoms with Crippen LogP contribution >= 0.6 is 12.4 Å². The Kier molecular flexibility index (Phi) is 5.96. The number of nitrogens with two attached hydrogens (primary N) is 1. The summed E-state index contributed by atoms with van der Waals surface area (Å²) in [5.74, 6) is 0.172. The maximum absolute atomic E-state index is 12.3. The molecule has 23 heavy (non-hydrogen) atoms. The van der Waals surface area contributed by atoms with E-state index < -0.39 is 0 Å². The molecule has 2 fully saturated rings. The first-order valence-electron chi connectivity index (χ1n) is 7.95. The summed E-state index contributed by atoms with van der Waals surface area (Å²) in [6, 6.07) is 5.00. The minimum Gasteiger partial charge on any atom is -0.349 e. The van der Waals surface area contributed by atoms with E-state index in [-0.39, 0.29) is 36.0 Å². The minimum absolute atomic E-state index is 0. The van der Waals surface area contributed by atoms with Crippen LogP contribution in [0.2, 0.25) is 0 Å². The van der Waals surface area contributed by atoms with Gasteiger partial charge in [-0.1, -0.05) is 6.07 Å². The molecule has 1 aliphatic heterocycles. The number of nitrogens with zero attached hydrogens (tertiary/aromatic N) is 2. The van der Waals surface area contributed by atoms with Gasteiger partial charge < -0.3 is 16.0 Å². The molecule has 1 saturated heterocycles. The molecule has 0 spiro atoms. The zero-order chi connectivity index (χ0) is 15.5. The molecule has 1 saturated carbocycles. The van der Waals surface area contributed by atoms with Gasteiger partial charge in [-0.25, -0.2) is 4.98 Å². The standard InChI is InChI=1S/C16H22N4O2.ClH/c17-12(11-6-7-11)10-18-15(21)13-4-3-5-14(19-13)16(22)20-8-1-2-9-20;/h3-5,11-12H,1-2,6-10,17H2,(H,18,21);1H. The Morgan fingerprint density at radius 2 is 1.91 bits per heavy atom. The van der Waals surface area contributed by atoms with E-state index in [4.69, 9.17) is 5.73 Å². The monoisotopic (exact) mass is 338 g/mol. The summed E-state index contributed by atoms with van der Waals surface area (Å²) in [6.07, 6.45) is 4.36. The number of amides is 2. The zero-order valence-corrected chi connectivity index (χ0v) is 13.8. The molecule has 2 amide bonds. The maximum Gasteiger partial charge on any atom is 0.272 e. The van der Waals surface area contributed by atoms with E-state index in [9.17, 15) is 9.59 Å². The molecule has 1 aromatic rings. The first-order chi connectivity index (χ1) is 10.6. The predicted octanol–water partition coefficient (Wildman–Crippen LogP) is 1.21. The number of pyridine rings is 1. The van der Waals surface area contributed by atoms with Gasteiger partial charge in [-0.15, -0.1) is 12.4 Å². The molecular weight excluding hydrogens is 316 g/mol. The number of carbonyl (C=O) groups excluding carboxylic acids is 2. The summed E-state index contributed by atoms with van der Waals surface area (Å²) in [5, 5.41) is 2.80. The molecule has 1 aliphatic carbocycles. The number of likely N-dealkylation sites (tertiary alicyclic amines) is 1. The quantitative estimate of drug-likeness (QED) is 0.844. The lowest BCUT2D eigenvalue weighted by atomic mass is 10.2. The summed E-state index contributed by atoms with van der Waals surface area (Å²) < 4.78 is 0. The summed E-state index contributed by atoms with van der Waals surface area (Å²) in [5.41, 5.74) is 6.58. The van der Waals surface area contributed by atoms with Gasteiger partial charge in [0.25, 0.3) is 11.8 Å². The van der Waals surface area contributed by atoms with Crippen LogP contribution < -0.4 is 11.1 Å². The summed E-state index contributed by atoms with van der Waals surface area (Å²) in [6.45, 7) is 2.00. The Morgan fingerprint density at radius 1 is 1.26 bits per heavy atom. The Labute approximate surface area is 142 Å². The van der Waals surface area contributed by atoms with E-state index in [1.54, 1.807) is 23.1 Å². The second kappa shape index (κ2) is 7.75. The molecule has 1 aromatic heterocycles. The Morgan fingerprint density at radius 3 is 2.57 bits per heavy atom. The minimum atomic E-state index is -0.271. The number of nitrogens with one attached hydrogen (secondary N) is 1. The molecule has 2 heterocycles. The Hall–Kier alpha value is -1.66. The number of hydrogen-bond acceptors (Lipinski definition) is 4. The van der Waals surface area contributed by atoms with Crippen molar-refractivity contribution in [3.8, 4) is 0 Å². The van der Waals surface area contributed by atoms with Gasteiger partial charge in [0.1, 0.15) is 11.4 Å². The van der Waals surface area contributed by atoms with Crippen molar-refractivity contribution in [2.24, 2.45) is 11.7 Å². The topological polar surface area (TPSA) is 88.3 Å². The Bertz CT molecular complexity index is 571. The maximum atomic E-state index is 12.3. The third-order valence-electron chi connectivity index (χ3n) is 4.32. The lowest BCUT2D eigenvalue weighted by molar-refractivity contribution is 0.0787. The van der Waals surface area contributed by atoms with E-state index in [0.29, 0.717) is 18.2 Å². The molecule has 3 N–H and O–H groups in total. The molecule has 6 nitrogen and oxygen atoms in total. The number of hydrogen-bond donors (Lipinski definition) is 2. The van der Waals surface area contributed by atoms with Crippen molar-refractivity contribution in [3.05, 3.63) is 29.6 Å². The molecule has 2 aliphatic rings. The van der Waals surface area contributed by atoms with Gasteiger partial charge in [-0.2, -0.15) is 0 Å². The normalized spacial score (nSPS) is 18.2. The molecule has 1 atom stereocenters. The van der Waals surface area contributed by atoms with Crippen LogP contribution in [0.25, 0.3) is 0 Å². The van der Waals surface area contributed by atoms with Crippen LogP contribution in [0.3, 0.4) is 0 Å². The second-order valence-electron chi connectivity index (χ2n) is 6.12. The van der Waals surface area contributed by atoms with Crippen LogP contribution in [-0.2, 0) is 0 Å². The van der Waals surface area contributed by atoms with Crippen molar-refractivity contribution in [3.63, 3.8) is 0 Å². The third-order valence-corrected chi connectivity index (χ3v) is 4.32. The molecule has 7 heteroatoms. The zero-order valence-electron chi connectivity index (χ0n) is 13.0. The van der Waals surface area contributed by atoms with E-state index in [2.05, 4.69) is 10.3 Å². The highest BCUT2D eigenvalue weighted by Crippen LogP contribution is 2.31. The van der Waals surface area contributed by atoms with Crippen LogP contribution in [0.1, 0.15) is 46.7 Å². The van der Waals surface area contributed by atoms with Crippen molar-refractivity contribution in [2.75, 3.05) is 19.6 Å². The van der Waals surface area contributed by atoms with Crippen LogP contribution in [0.4, 0.5) is 0 Å². The molecule has 1 unspecified atom stereocenters. The second-order valence-corrected chi connectivity index (χ2v) is 6.12. The lowest BCUT2D eigenvalue weighted by Gasteiger charge is -2.15. The summed E-state index contributed by atoms with van der Waals surface area (Å²) >= 11 is 0. The van der Waals surface area contributed by atoms with Crippen LogP contribution in [0.15, 0.2) is 18.2 Å². The average molecular weight is 339 g/mol. The first-order valence-corrected chi connectivity index (χ1v) is 7.95. The highest BCUT2D eigenvalue weighted by molar-refractivity contribution is 5.96. The fourth-order valence-corrected chi connectivity index (χ4v) is 2.75. The van der Waals surface area contributed by atoms with Crippen molar-refractivity contribution in [1.29, 1.82) is 0 Å². The van der Waals surface area contributed by atoms with Crippen molar-refractivity contribution in [2.45, 2.75) is 31.7 Å². The van der Waals surface area contributed by atoms with Crippen LogP contribution in [0.5, 0.6) is 0 Å². The van der Waals surface area contributed by atoms with Gasteiger partial charge in [-0.05, 0) is 43.7 Å². The molecule has 0 bridgehead atoms. The number of halogens is 1.